The minimum atomic E-state index is -0.999. The lowest BCUT2D eigenvalue weighted by Crippen LogP contribution is -2.37. The van der Waals surface area contributed by atoms with Crippen LogP contribution in [-0.2, 0) is 16.1 Å². The van der Waals surface area contributed by atoms with Crippen LogP contribution in [0.4, 0.5) is 4.39 Å². The molecule has 6 heteroatoms. The zero-order valence-corrected chi connectivity index (χ0v) is 13.7. The molecule has 2 aromatic carbocycles. The fraction of sp³-hybridized carbons (Fsp3) is 0.316. The van der Waals surface area contributed by atoms with E-state index < -0.39 is 5.97 Å². The Balaban J connectivity index is 1.58. The Kier molecular flexibility index (Phi) is 5.63. The molecule has 0 bridgehead atoms. The lowest BCUT2D eigenvalue weighted by molar-refractivity contribution is -0.139. The van der Waals surface area contributed by atoms with E-state index in [1.54, 1.807) is 18.2 Å². The molecule has 1 aliphatic heterocycles. The van der Waals surface area contributed by atoms with Gasteiger partial charge in [0.25, 0.3) is 0 Å². The first-order valence-corrected chi connectivity index (χ1v) is 8.13. The smallest absolute Gasteiger partial charge is 0.341 e. The van der Waals surface area contributed by atoms with Crippen molar-refractivity contribution in [3.63, 3.8) is 0 Å². The summed E-state index contributed by atoms with van der Waals surface area (Å²) in [7, 11) is 0. The average Bonchev–Trinajstić information content (AvgIpc) is 2.61. The summed E-state index contributed by atoms with van der Waals surface area (Å²) in [6.45, 7) is 2.50. The molecule has 0 aromatic heterocycles. The zero-order valence-electron chi connectivity index (χ0n) is 13.7. The molecule has 3 rings (SSSR count). The van der Waals surface area contributed by atoms with E-state index in [2.05, 4.69) is 4.90 Å². The maximum atomic E-state index is 13.4. The molecule has 1 atom stereocenters. The highest BCUT2D eigenvalue weighted by atomic mass is 19.1. The number of carboxylic acids is 1. The van der Waals surface area contributed by atoms with Gasteiger partial charge in [-0.05, 0) is 35.4 Å². The van der Waals surface area contributed by atoms with Crippen LogP contribution in [-0.4, -0.2) is 42.3 Å². The van der Waals surface area contributed by atoms with E-state index in [9.17, 15) is 9.18 Å². The maximum absolute atomic E-state index is 13.4. The molecular weight excluding hydrogens is 325 g/mol. The first-order valence-electron chi connectivity index (χ1n) is 8.13. The monoisotopic (exact) mass is 345 g/mol. The van der Waals surface area contributed by atoms with Gasteiger partial charge in [-0.25, -0.2) is 9.18 Å². The molecular formula is C19H20FNO4. The summed E-state index contributed by atoms with van der Waals surface area (Å²) in [5.41, 5.74) is 1.95. The number of halogens is 1. The van der Waals surface area contributed by atoms with Crippen molar-refractivity contribution in [2.75, 3.05) is 26.3 Å². The van der Waals surface area contributed by atoms with E-state index in [1.807, 2.05) is 18.2 Å². The van der Waals surface area contributed by atoms with Gasteiger partial charge in [0.2, 0.25) is 0 Å². The molecule has 1 aliphatic rings. The van der Waals surface area contributed by atoms with Gasteiger partial charge in [-0.15, -0.1) is 0 Å². The van der Waals surface area contributed by atoms with Gasteiger partial charge in [-0.1, -0.05) is 24.3 Å². The maximum Gasteiger partial charge on any atom is 0.341 e. The number of carbonyl (C=O) groups is 1. The summed E-state index contributed by atoms with van der Waals surface area (Å²) in [6.07, 6.45) is -0.136. The molecule has 5 nitrogen and oxygen atoms in total. The van der Waals surface area contributed by atoms with Crippen molar-refractivity contribution >= 4 is 5.97 Å². The van der Waals surface area contributed by atoms with Crippen molar-refractivity contribution < 1.29 is 23.8 Å². The third-order valence-electron chi connectivity index (χ3n) is 4.06. The highest BCUT2D eigenvalue weighted by Gasteiger charge is 2.22. The standard InChI is InChI=1S/C19H20FNO4/c20-16-3-1-2-15(10-16)18-12-21(8-9-24-18)11-14-4-6-17(7-5-14)25-13-19(22)23/h1-7,10,18H,8-9,11-13H2,(H,22,23). The predicted molar refractivity (Wildman–Crippen MR) is 89.9 cm³/mol. The molecule has 0 amide bonds. The van der Waals surface area contributed by atoms with Gasteiger partial charge in [-0.3, -0.25) is 4.90 Å². The van der Waals surface area contributed by atoms with Crippen LogP contribution in [0.1, 0.15) is 17.2 Å². The van der Waals surface area contributed by atoms with Crippen molar-refractivity contribution in [1.82, 2.24) is 4.90 Å². The van der Waals surface area contributed by atoms with Crippen LogP contribution in [0, 0.1) is 5.82 Å². The van der Waals surface area contributed by atoms with E-state index >= 15 is 0 Å². The Morgan fingerprint density at radius 3 is 2.80 bits per heavy atom. The van der Waals surface area contributed by atoms with Crippen LogP contribution in [0.2, 0.25) is 0 Å². The number of rotatable bonds is 6. The fourth-order valence-corrected chi connectivity index (χ4v) is 2.85. The van der Waals surface area contributed by atoms with Gasteiger partial charge in [0.1, 0.15) is 11.6 Å². The van der Waals surface area contributed by atoms with Crippen LogP contribution >= 0.6 is 0 Å². The van der Waals surface area contributed by atoms with E-state index in [1.165, 1.54) is 12.1 Å². The number of hydrogen-bond acceptors (Lipinski definition) is 4. The van der Waals surface area contributed by atoms with E-state index in [0.717, 1.165) is 24.2 Å². The molecule has 0 spiro atoms. The van der Waals surface area contributed by atoms with Gasteiger partial charge in [0.05, 0.1) is 12.7 Å². The SMILES string of the molecule is O=C(O)COc1ccc(CN2CCOC(c3cccc(F)c3)C2)cc1. The molecule has 0 radical (unpaired) electrons. The number of morpholine rings is 1. The predicted octanol–water partition coefficient (Wildman–Crippen LogP) is 2.86. The Bertz CT molecular complexity index is 720. The summed E-state index contributed by atoms with van der Waals surface area (Å²) in [5.74, 6) is -0.721. The van der Waals surface area contributed by atoms with Crippen molar-refractivity contribution in [3.8, 4) is 5.75 Å². The topological polar surface area (TPSA) is 59.0 Å². The lowest BCUT2D eigenvalue weighted by atomic mass is 10.1. The van der Waals surface area contributed by atoms with Crippen molar-refractivity contribution in [1.29, 1.82) is 0 Å². The average molecular weight is 345 g/mol. The summed E-state index contributed by atoms with van der Waals surface area (Å²) in [4.78, 5) is 12.8. The second kappa shape index (κ2) is 8.09. The van der Waals surface area contributed by atoms with Crippen LogP contribution < -0.4 is 4.74 Å². The second-order valence-corrected chi connectivity index (χ2v) is 5.98. The third kappa shape index (κ3) is 5.01. The molecule has 25 heavy (non-hydrogen) atoms. The van der Waals surface area contributed by atoms with E-state index in [-0.39, 0.29) is 18.5 Å². The van der Waals surface area contributed by atoms with Crippen molar-refractivity contribution in [3.05, 3.63) is 65.5 Å². The van der Waals surface area contributed by atoms with Gasteiger partial charge in [-0.2, -0.15) is 0 Å². The van der Waals surface area contributed by atoms with Crippen molar-refractivity contribution in [2.45, 2.75) is 12.6 Å². The number of hydrogen-bond donors (Lipinski definition) is 1. The largest absolute Gasteiger partial charge is 0.482 e. The first kappa shape index (κ1) is 17.4. The van der Waals surface area contributed by atoms with Gasteiger partial charge in [0.15, 0.2) is 6.61 Å². The third-order valence-corrected chi connectivity index (χ3v) is 4.06. The minimum Gasteiger partial charge on any atom is -0.482 e. The van der Waals surface area contributed by atoms with Crippen LogP contribution in [0.15, 0.2) is 48.5 Å². The van der Waals surface area contributed by atoms with Gasteiger partial charge in [0, 0.05) is 19.6 Å². The summed E-state index contributed by atoms with van der Waals surface area (Å²) in [6, 6.07) is 13.9. The van der Waals surface area contributed by atoms with Crippen LogP contribution in [0.25, 0.3) is 0 Å². The number of ether oxygens (including phenoxy) is 2. The molecule has 1 fully saturated rings. The van der Waals surface area contributed by atoms with Crippen LogP contribution in [0.3, 0.4) is 0 Å². The normalized spacial score (nSPS) is 18.0. The number of aliphatic carboxylic acids is 1. The van der Waals surface area contributed by atoms with Crippen molar-refractivity contribution in [2.24, 2.45) is 0 Å². The molecule has 0 aliphatic carbocycles. The fourth-order valence-electron chi connectivity index (χ4n) is 2.85. The summed E-state index contributed by atoms with van der Waals surface area (Å²) < 4.78 is 24.3. The summed E-state index contributed by atoms with van der Waals surface area (Å²) in [5, 5.41) is 8.61. The minimum absolute atomic E-state index is 0.136. The number of carboxylic acid groups (broad SMARTS) is 1. The Hall–Kier alpha value is -2.44. The Morgan fingerprint density at radius 1 is 1.28 bits per heavy atom. The Labute approximate surface area is 145 Å². The van der Waals surface area contributed by atoms with Crippen LogP contribution in [0.5, 0.6) is 5.75 Å². The zero-order chi connectivity index (χ0) is 17.6. The first-order chi connectivity index (χ1) is 12.1. The lowest BCUT2D eigenvalue weighted by Gasteiger charge is -2.33. The summed E-state index contributed by atoms with van der Waals surface area (Å²) >= 11 is 0. The molecule has 1 N–H and O–H groups in total. The number of benzene rings is 2. The quantitative estimate of drug-likeness (QED) is 0.872. The Morgan fingerprint density at radius 2 is 2.08 bits per heavy atom. The molecule has 1 heterocycles. The molecule has 132 valence electrons. The second-order valence-electron chi connectivity index (χ2n) is 5.98. The van der Waals surface area contributed by atoms with Gasteiger partial charge < -0.3 is 14.6 Å². The molecule has 0 saturated carbocycles. The number of nitrogens with zero attached hydrogens (tertiary/aromatic N) is 1. The van der Waals surface area contributed by atoms with Gasteiger partial charge >= 0.3 is 5.97 Å². The molecule has 1 unspecified atom stereocenters. The molecule has 2 aromatic rings. The highest BCUT2D eigenvalue weighted by Crippen LogP contribution is 2.24. The van der Waals surface area contributed by atoms with E-state index in [4.69, 9.17) is 14.6 Å². The van der Waals surface area contributed by atoms with E-state index in [0.29, 0.717) is 18.9 Å². The highest BCUT2D eigenvalue weighted by molar-refractivity contribution is 5.68. The molecule has 1 saturated heterocycles.